The van der Waals surface area contributed by atoms with E-state index in [0.29, 0.717) is 24.7 Å². The molecule has 0 saturated carbocycles. The van der Waals surface area contributed by atoms with E-state index >= 15 is 0 Å². The monoisotopic (exact) mass is 393 g/mol. The molecule has 0 aliphatic carbocycles. The minimum absolute atomic E-state index is 0.00556. The summed E-state index contributed by atoms with van der Waals surface area (Å²) in [5, 5.41) is 6.69. The first-order chi connectivity index (χ1) is 13.1. The van der Waals surface area contributed by atoms with Crippen molar-refractivity contribution in [2.75, 3.05) is 26.2 Å². The van der Waals surface area contributed by atoms with E-state index in [9.17, 15) is 9.59 Å². The number of halogens is 1. The highest BCUT2D eigenvalue weighted by Gasteiger charge is 2.26. The van der Waals surface area contributed by atoms with Crippen LogP contribution in [0.2, 0.25) is 5.02 Å². The van der Waals surface area contributed by atoms with Crippen molar-refractivity contribution in [3.63, 3.8) is 0 Å². The van der Waals surface area contributed by atoms with Gasteiger partial charge in [-0.2, -0.15) is 0 Å². The Hall–Kier alpha value is -1.59. The van der Waals surface area contributed by atoms with Crippen molar-refractivity contribution in [1.29, 1.82) is 0 Å². The van der Waals surface area contributed by atoms with E-state index < -0.39 is 0 Å². The number of carbonyl (C=O) groups is 2. The smallest absolute Gasteiger partial charge is 0.234 e. The van der Waals surface area contributed by atoms with Gasteiger partial charge < -0.3 is 10.6 Å². The average molecular weight is 394 g/mol. The highest BCUT2D eigenvalue weighted by atomic mass is 35.5. The van der Waals surface area contributed by atoms with Gasteiger partial charge in [-0.1, -0.05) is 49.9 Å². The fourth-order valence-corrected chi connectivity index (χ4v) is 3.51. The third kappa shape index (κ3) is 8.31. The van der Waals surface area contributed by atoms with Crippen LogP contribution >= 0.6 is 11.6 Å². The molecule has 2 rings (SSSR count). The normalized spacial score (nSPS) is 17.5. The van der Waals surface area contributed by atoms with Crippen LogP contribution in [0.4, 0.5) is 0 Å². The van der Waals surface area contributed by atoms with Gasteiger partial charge in [0.2, 0.25) is 11.8 Å². The molecule has 1 aliphatic rings. The van der Waals surface area contributed by atoms with Gasteiger partial charge in [0.15, 0.2) is 0 Å². The predicted molar refractivity (Wildman–Crippen MR) is 110 cm³/mol. The Morgan fingerprint density at radius 3 is 2.67 bits per heavy atom. The molecule has 1 unspecified atom stereocenters. The quantitative estimate of drug-likeness (QED) is 0.599. The lowest BCUT2D eigenvalue weighted by Crippen LogP contribution is -2.46. The highest BCUT2D eigenvalue weighted by molar-refractivity contribution is 6.30. The second kappa shape index (κ2) is 12.0. The number of unbranched alkanes of at least 4 members (excludes halogenated alkanes) is 3. The van der Waals surface area contributed by atoms with Crippen molar-refractivity contribution in [3.8, 4) is 0 Å². The van der Waals surface area contributed by atoms with Crippen LogP contribution in [0.5, 0.6) is 0 Å². The molecule has 150 valence electrons. The van der Waals surface area contributed by atoms with Crippen LogP contribution in [0.25, 0.3) is 0 Å². The number of likely N-dealkylation sites (tertiary alicyclic amines) is 1. The molecule has 5 nitrogen and oxygen atoms in total. The average Bonchev–Trinajstić information content (AvgIpc) is 2.67. The summed E-state index contributed by atoms with van der Waals surface area (Å²) in [5.41, 5.74) is 1.02. The van der Waals surface area contributed by atoms with Crippen molar-refractivity contribution in [2.24, 2.45) is 5.92 Å². The van der Waals surface area contributed by atoms with E-state index in [4.69, 9.17) is 11.6 Å². The number of amides is 2. The van der Waals surface area contributed by atoms with E-state index in [1.54, 1.807) is 0 Å². The molecule has 6 heteroatoms. The summed E-state index contributed by atoms with van der Waals surface area (Å²) in [4.78, 5) is 26.7. The van der Waals surface area contributed by atoms with E-state index in [0.717, 1.165) is 37.9 Å². The lowest BCUT2D eigenvalue weighted by molar-refractivity contribution is -0.129. The number of piperidine rings is 1. The van der Waals surface area contributed by atoms with Gasteiger partial charge >= 0.3 is 0 Å². The zero-order valence-electron chi connectivity index (χ0n) is 16.3. The van der Waals surface area contributed by atoms with Crippen LogP contribution in [0.3, 0.4) is 0 Å². The van der Waals surface area contributed by atoms with Gasteiger partial charge in [0.1, 0.15) is 0 Å². The summed E-state index contributed by atoms with van der Waals surface area (Å²) in [5.74, 6) is 0.123. The molecular formula is C21H32ClN3O2. The fraction of sp³-hybridized carbons (Fsp3) is 0.619. The largest absolute Gasteiger partial charge is 0.356 e. The Bertz CT molecular complexity index is 592. The van der Waals surface area contributed by atoms with Crippen molar-refractivity contribution in [2.45, 2.75) is 52.0 Å². The molecule has 1 aromatic carbocycles. The lowest BCUT2D eigenvalue weighted by Gasteiger charge is -2.31. The zero-order chi connectivity index (χ0) is 19.5. The molecule has 0 aromatic heterocycles. The summed E-state index contributed by atoms with van der Waals surface area (Å²) in [6.45, 7) is 5.31. The van der Waals surface area contributed by atoms with Crippen LogP contribution in [0.15, 0.2) is 24.3 Å². The fourth-order valence-electron chi connectivity index (χ4n) is 3.38. The summed E-state index contributed by atoms with van der Waals surface area (Å²) in [7, 11) is 0. The summed E-state index contributed by atoms with van der Waals surface area (Å²) in [6.07, 6.45) is 6.50. The number of hydrogen-bond acceptors (Lipinski definition) is 3. The van der Waals surface area contributed by atoms with Crippen LogP contribution < -0.4 is 10.6 Å². The maximum absolute atomic E-state index is 12.4. The molecule has 1 saturated heterocycles. The van der Waals surface area contributed by atoms with Gasteiger partial charge in [-0.3, -0.25) is 14.5 Å². The first kappa shape index (κ1) is 21.7. The second-order valence-corrected chi connectivity index (χ2v) is 7.77. The predicted octanol–water partition coefficient (Wildman–Crippen LogP) is 3.36. The highest BCUT2D eigenvalue weighted by Crippen LogP contribution is 2.16. The van der Waals surface area contributed by atoms with Gasteiger partial charge in [-0.25, -0.2) is 0 Å². The molecule has 1 aromatic rings. The van der Waals surface area contributed by atoms with Gasteiger partial charge in [0.05, 0.1) is 12.5 Å². The van der Waals surface area contributed by atoms with Gasteiger partial charge in [-0.05, 0) is 43.5 Å². The molecule has 1 atom stereocenters. The molecule has 2 N–H and O–H groups in total. The van der Waals surface area contributed by atoms with Gasteiger partial charge in [0, 0.05) is 24.7 Å². The van der Waals surface area contributed by atoms with Crippen molar-refractivity contribution in [3.05, 3.63) is 34.9 Å². The molecule has 1 heterocycles. The van der Waals surface area contributed by atoms with E-state index in [1.165, 1.54) is 19.3 Å². The maximum Gasteiger partial charge on any atom is 0.234 e. The summed E-state index contributed by atoms with van der Waals surface area (Å²) in [6, 6.07) is 7.45. The Labute approximate surface area is 167 Å². The molecule has 1 aliphatic heterocycles. The number of nitrogens with zero attached hydrogens (tertiary/aromatic N) is 1. The van der Waals surface area contributed by atoms with E-state index in [2.05, 4.69) is 22.5 Å². The summed E-state index contributed by atoms with van der Waals surface area (Å²) >= 11 is 5.87. The Morgan fingerprint density at radius 1 is 1.15 bits per heavy atom. The number of nitrogens with one attached hydrogen (secondary N) is 2. The third-order valence-electron chi connectivity index (χ3n) is 4.98. The van der Waals surface area contributed by atoms with Gasteiger partial charge in [-0.15, -0.1) is 0 Å². The molecule has 27 heavy (non-hydrogen) atoms. The molecule has 0 spiro atoms. The Kier molecular flexibility index (Phi) is 9.64. The minimum Gasteiger partial charge on any atom is -0.356 e. The number of hydrogen-bond donors (Lipinski definition) is 2. The molecular weight excluding hydrogens is 362 g/mol. The SMILES string of the molecule is CCCCCCNC(=O)C1CCCN(CC(=O)NCc2ccc(Cl)cc2)C1. The second-order valence-electron chi connectivity index (χ2n) is 7.33. The first-order valence-electron chi connectivity index (χ1n) is 10.1. The van der Waals surface area contributed by atoms with Crippen LogP contribution in [0.1, 0.15) is 51.0 Å². The maximum atomic E-state index is 12.4. The third-order valence-corrected chi connectivity index (χ3v) is 5.23. The van der Waals surface area contributed by atoms with E-state index in [-0.39, 0.29) is 17.7 Å². The summed E-state index contributed by atoms with van der Waals surface area (Å²) < 4.78 is 0. The first-order valence-corrected chi connectivity index (χ1v) is 10.5. The lowest BCUT2D eigenvalue weighted by atomic mass is 9.97. The Balaban J connectivity index is 1.67. The zero-order valence-corrected chi connectivity index (χ0v) is 17.1. The molecule has 0 bridgehead atoms. The van der Waals surface area contributed by atoms with E-state index in [1.807, 2.05) is 24.3 Å². The van der Waals surface area contributed by atoms with Crippen LogP contribution in [0, 0.1) is 5.92 Å². The van der Waals surface area contributed by atoms with Gasteiger partial charge in [0.25, 0.3) is 0 Å². The number of benzene rings is 1. The Morgan fingerprint density at radius 2 is 1.93 bits per heavy atom. The topological polar surface area (TPSA) is 61.4 Å². The van der Waals surface area contributed by atoms with Crippen LogP contribution in [-0.2, 0) is 16.1 Å². The standard InChI is InChI=1S/C21H32ClN3O2/c1-2-3-4-5-12-23-21(27)18-7-6-13-25(15-18)16-20(26)24-14-17-8-10-19(22)11-9-17/h8-11,18H,2-7,12-16H2,1H3,(H,23,27)(H,24,26). The number of carbonyl (C=O) groups excluding carboxylic acids is 2. The van der Waals surface area contributed by atoms with Crippen LogP contribution in [-0.4, -0.2) is 42.9 Å². The molecule has 1 fully saturated rings. The molecule has 2 amide bonds. The van der Waals surface area contributed by atoms with Crippen molar-refractivity contribution in [1.82, 2.24) is 15.5 Å². The van der Waals surface area contributed by atoms with Crippen molar-refractivity contribution >= 4 is 23.4 Å². The number of rotatable bonds is 10. The minimum atomic E-state index is -0.00873. The van der Waals surface area contributed by atoms with Crippen molar-refractivity contribution < 1.29 is 9.59 Å². The molecule has 0 radical (unpaired) electrons.